The van der Waals surface area contributed by atoms with E-state index < -0.39 is 5.97 Å². The number of rotatable bonds is 1. The quantitative estimate of drug-likeness (QED) is 0.652. The highest BCUT2D eigenvalue weighted by Gasteiger charge is 2.12. The Labute approximate surface area is 73.8 Å². The lowest BCUT2D eigenvalue weighted by molar-refractivity contribution is 0.0596. The molecule has 0 saturated heterocycles. The summed E-state index contributed by atoms with van der Waals surface area (Å²) in [5, 5.41) is 0. The van der Waals surface area contributed by atoms with Crippen molar-refractivity contribution in [3.8, 4) is 0 Å². The van der Waals surface area contributed by atoms with Crippen LogP contribution in [-0.2, 0) is 4.74 Å². The summed E-state index contributed by atoms with van der Waals surface area (Å²) in [6, 6.07) is 1.74. The zero-order valence-corrected chi connectivity index (χ0v) is 6.94. The van der Waals surface area contributed by atoms with Crippen molar-refractivity contribution in [2.75, 3.05) is 7.11 Å². The first-order valence-electron chi connectivity index (χ1n) is 3.69. The molecular weight excluding hydrogens is 170 g/mol. The number of H-pyrrole nitrogens is 1. The topological polar surface area (TPSA) is 67.9 Å². The van der Waals surface area contributed by atoms with E-state index in [2.05, 4.69) is 19.7 Å². The number of hydrogen-bond acceptors (Lipinski definition) is 4. The third kappa shape index (κ3) is 1.14. The van der Waals surface area contributed by atoms with Crippen LogP contribution in [0.3, 0.4) is 0 Å². The van der Waals surface area contributed by atoms with Crippen molar-refractivity contribution in [1.82, 2.24) is 15.0 Å². The molecule has 0 saturated carbocycles. The number of hydrogen-bond donors (Lipinski definition) is 1. The van der Waals surface area contributed by atoms with Crippen LogP contribution in [-0.4, -0.2) is 28.0 Å². The molecule has 66 valence electrons. The number of pyridine rings is 1. The highest BCUT2D eigenvalue weighted by atomic mass is 16.5. The molecule has 5 nitrogen and oxygen atoms in total. The summed E-state index contributed by atoms with van der Waals surface area (Å²) >= 11 is 0. The summed E-state index contributed by atoms with van der Waals surface area (Å²) in [5.74, 6) is -0.474. The van der Waals surface area contributed by atoms with Crippen LogP contribution in [0.25, 0.3) is 11.0 Å². The first kappa shape index (κ1) is 7.72. The minimum Gasteiger partial charge on any atom is -0.464 e. The van der Waals surface area contributed by atoms with E-state index in [0.717, 1.165) is 5.52 Å². The second kappa shape index (κ2) is 2.85. The molecule has 2 rings (SSSR count). The Balaban J connectivity index is 2.67. The van der Waals surface area contributed by atoms with E-state index in [4.69, 9.17) is 0 Å². The minimum atomic E-state index is -0.474. The zero-order chi connectivity index (χ0) is 9.26. The van der Waals surface area contributed by atoms with E-state index in [1.165, 1.54) is 19.6 Å². The van der Waals surface area contributed by atoms with Crippen molar-refractivity contribution >= 4 is 17.0 Å². The molecule has 0 amide bonds. The maximum Gasteiger partial charge on any atom is 0.359 e. The van der Waals surface area contributed by atoms with Crippen LogP contribution in [0.4, 0.5) is 0 Å². The van der Waals surface area contributed by atoms with Crippen LogP contribution in [0.5, 0.6) is 0 Å². The van der Waals surface area contributed by atoms with Gasteiger partial charge < -0.3 is 9.72 Å². The summed E-state index contributed by atoms with van der Waals surface area (Å²) in [4.78, 5) is 21.9. The van der Waals surface area contributed by atoms with Crippen LogP contribution < -0.4 is 0 Å². The predicted molar refractivity (Wildman–Crippen MR) is 45.2 cm³/mol. The number of carbonyl (C=O) groups excluding carboxylic acids is 1. The largest absolute Gasteiger partial charge is 0.464 e. The van der Waals surface area contributed by atoms with Gasteiger partial charge in [-0.1, -0.05) is 0 Å². The summed E-state index contributed by atoms with van der Waals surface area (Å²) in [5.41, 5.74) is 1.55. The molecule has 2 aromatic rings. The second-order valence-electron chi connectivity index (χ2n) is 2.45. The Hall–Kier alpha value is -1.91. The van der Waals surface area contributed by atoms with Gasteiger partial charge in [0.05, 0.1) is 19.0 Å². The Kier molecular flexibility index (Phi) is 1.70. The average molecular weight is 177 g/mol. The van der Waals surface area contributed by atoms with E-state index in [-0.39, 0.29) is 5.69 Å². The average Bonchev–Trinajstić information content (AvgIpc) is 2.63. The van der Waals surface area contributed by atoms with Crippen LogP contribution in [0.2, 0.25) is 0 Å². The van der Waals surface area contributed by atoms with Gasteiger partial charge in [-0.25, -0.2) is 14.8 Å². The van der Waals surface area contributed by atoms with Gasteiger partial charge in [-0.15, -0.1) is 0 Å². The van der Waals surface area contributed by atoms with Crippen molar-refractivity contribution in [3.63, 3.8) is 0 Å². The predicted octanol–water partition coefficient (Wildman–Crippen LogP) is 0.744. The normalized spacial score (nSPS) is 10.2. The lowest BCUT2D eigenvalue weighted by Gasteiger charge is -1.97. The number of methoxy groups -OCH3 is 1. The van der Waals surface area contributed by atoms with Gasteiger partial charge in [0, 0.05) is 6.20 Å². The number of nitrogens with one attached hydrogen (secondary N) is 1. The lowest BCUT2D eigenvalue weighted by Crippen LogP contribution is -2.04. The van der Waals surface area contributed by atoms with E-state index in [0.29, 0.717) is 5.52 Å². The SMILES string of the molecule is COC(=O)c1nccc2[nH]cnc12. The molecular formula is C8H7N3O2. The molecule has 2 aromatic heterocycles. The number of aromatic nitrogens is 3. The molecule has 0 aliphatic rings. The third-order valence-electron chi connectivity index (χ3n) is 1.72. The van der Waals surface area contributed by atoms with Crippen molar-refractivity contribution in [3.05, 3.63) is 24.3 Å². The third-order valence-corrected chi connectivity index (χ3v) is 1.72. The maximum atomic E-state index is 11.2. The molecule has 2 heterocycles. The summed E-state index contributed by atoms with van der Waals surface area (Å²) in [6.45, 7) is 0. The Morgan fingerprint density at radius 2 is 2.38 bits per heavy atom. The minimum absolute atomic E-state index is 0.237. The van der Waals surface area contributed by atoms with Gasteiger partial charge in [-0.2, -0.15) is 0 Å². The van der Waals surface area contributed by atoms with Crippen LogP contribution in [0.1, 0.15) is 10.5 Å². The van der Waals surface area contributed by atoms with Gasteiger partial charge in [-0.05, 0) is 6.07 Å². The first-order chi connectivity index (χ1) is 6.33. The Morgan fingerprint density at radius 1 is 1.54 bits per heavy atom. The van der Waals surface area contributed by atoms with Gasteiger partial charge in [0.2, 0.25) is 0 Å². The molecule has 0 bridgehead atoms. The standard InChI is InChI=1S/C8H7N3O2/c1-13-8(12)7-6-5(2-3-9-7)10-4-11-6/h2-4H,1H3,(H,10,11). The van der Waals surface area contributed by atoms with Gasteiger partial charge in [0.25, 0.3) is 0 Å². The summed E-state index contributed by atoms with van der Waals surface area (Å²) < 4.78 is 4.56. The van der Waals surface area contributed by atoms with Crippen molar-refractivity contribution in [2.45, 2.75) is 0 Å². The highest BCUT2D eigenvalue weighted by Crippen LogP contribution is 2.12. The van der Waals surface area contributed by atoms with Crippen molar-refractivity contribution < 1.29 is 9.53 Å². The molecule has 0 fully saturated rings. The zero-order valence-electron chi connectivity index (χ0n) is 6.94. The molecule has 0 atom stereocenters. The molecule has 0 spiro atoms. The van der Waals surface area contributed by atoms with Crippen LogP contribution in [0.15, 0.2) is 18.6 Å². The number of carbonyl (C=O) groups is 1. The van der Waals surface area contributed by atoms with Gasteiger partial charge >= 0.3 is 5.97 Å². The van der Waals surface area contributed by atoms with Crippen LogP contribution >= 0.6 is 0 Å². The molecule has 0 aliphatic carbocycles. The Morgan fingerprint density at radius 3 is 3.15 bits per heavy atom. The smallest absolute Gasteiger partial charge is 0.359 e. The summed E-state index contributed by atoms with van der Waals surface area (Å²) in [7, 11) is 1.31. The maximum absolute atomic E-state index is 11.2. The monoisotopic (exact) mass is 177 g/mol. The fourth-order valence-corrected chi connectivity index (χ4v) is 1.11. The van der Waals surface area contributed by atoms with Gasteiger partial charge in [0.1, 0.15) is 5.52 Å². The number of imidazole rings is 1. The first-order valence-corrected chi connectivity index (χ1v) is 3.69. The molecule has 13 heavy (non-hydrogen) atoms. The number of nitrogens with zero attached hydrogens (tertiary/aromatic N) is 2. The van der Waals surface area contributed by atoms with Crippen LogP contribution in [0, 0.1) is 0 Å². The van der Waals surface area contributed by atoms with Crippen molar-refractivity contribution in [1.29, 1.82) is 0 Å². The van der Waals surface area contributed by atoms with E-state index in [9.17, 15) is 4.79 Å². The molecule has 0 aromatic carbocycles. The van der Waals surface area contributed by atoms with Crippen molar-refractivity contribution in [2.24, 2.45) is 0 Å². The lowest BCUT2D eigenvalue weighted by atomic mass is 10.3. The van der Waals surface area contributed by atoms with Gasteiger partial charge in [0.15, 0.2) is 5.69 Å². The number of fused-ring (bicyclic) bond motifs is 1. The number of aromatic amines is 1. The molecule has 0 aliphatic heterocycles. The highest BCUT2D eigenvalue weighted by molar-refractivity contribution is 5.99. The number of esters is 1. The van der Waals surface area contributed by atoms with E-state index in [1.54, 1.807) is 6.07 Å². The summed E-state index contributed by atoms with van der Waals surface area (Å²) in [6.07, 6.45) is 3.05. The van der Waals surface area contributed by atoms with E-state index in [1.807, 2.05) is 0 Å². The van der Waals surface area contributed by atoms with E-state index >= 15 is 0 Å². The number of ether oxygens (including phenoxy) is 1. The molecule has 0 radical (unpaired) electrons. The molecule has 5 heteroatoms. The fraction of sp³-hybridized carbons (Fsp3) is 0.125. The molecule has 0 unspecified atom stereocenters. The Bertz CT molecular complexity index is 449. The van der Waals surface area contributed by atoms with Gasteiger partial charge in [-0.3, -0.25) is 0 Å². The fourth-order valence-electron chi connectivity index (χ4n) is 1.11. The second-order valence-corrected chi connectivity index (χ2v) is 2.45. The molecule has 1 N–H and O–H groups in total.